The van der Waals surface area contributed by atoms with Gasteiger partial charge in [-0.3, -0.25) is 9.48 Å². The highest BCUT2D eigenvalue weighted by Crippen LogP contribution is 2.25. The van der Waals surface area contributed by atoms with Gasteiger partial charge in [0.2, 0.25) is 0 Å². The van der Waals surface area contributed by atoms with Crippen molar-refractivity contribution in [1.82, 2.24) is 9.78 Å². The van der Waals surface area contributed by atoms with Crippen LogP contribution in [-0.4, -0.2) is 31.9 Å². The number of aryl methyl sites for hydroxylation is 1. The van der Waals surface area contributed by atoms with Crippen molar-refractivity contribution in [2.24, 2.45) is 0 Å². The quantitative estimate of drug-likeness (QED) is 0.768. The summed E-state index contributed by atoms with van der Waals surface area (Å²) < 4.78 is 2.43. The number of aromatic nitrogens is 2. The van der Waals surface area contributed by atoms with Gasteiger partial charge in [0.15, 0.2) is 0 Å². The summed E-state index contributed by atoms with van der Waals surface area (Å²) in [6.07, 6.45) is 4.06. The molecule has 6 nitrogen and oxygen atoms in total. The van der Waals surface area contributed by atoms with Gasteiger partial charge in [0.05, 0.1) is 18.7 Å². The summed E-state index contributed by atoms with van der Waals surface area (Å²) in [5, 5.41) is 21.8. The maximum Gasteiger partial charge on any atom is 0.328 e. The van der Waals surface area contributed by atoms with Crippen LogP contribution in [0.4, 0.5) is 0 Å². The van der Waals surface area contributed by atoms with Crippen LogP contribution in [0.15, 0.2) is 41.0 Å². The maximum atomic E-state index is 10.7. The maximum absolute atomic E-state index is 10.7. The minimum atomic E-state index is -1.06. The minimum absolute atomic E-state index is 0.0520. The molecule has 7 heteroatoms. The van der Waals surface area contributed by atoms with E-state index in [9.17, 15) is 9.59 Å². The van der Waals surface area contributed by atoms with Crippen LogP contribution in [0.2, 0.25) is 0 Å². The molecule has 114 valence electrons. The fraction of sp³-hybridized carbons (Fsp3) is 0.133. The molecule has 2 aromatic rings. The molecule has 0 saturated carbocycles. The summed E-state index contributed by atoms with van der Waals surface area (Å²) in [7, 11) is 0. The summed E-state index contributed by atoms with van der Waals surface area (Å²) in [4.78, 5) is 21.3. The number of benzene rings is 1. The van der Waals surface area contributed by atoms with Crippen LogP contribution in [0.5, 0.6) is 0 Å². The Morgan fingerprint density at radius 1 is 1.23 bits per heavy atom. The first-order valence-electron chi connectivity index (χ1n) is 6.42. The number of hydrogen-bond acceptors (Lipinski definition) is 3. The monoisotopic (exact) mass is 364 g/mol. The van der Waals surface area contributed by atoms with Crippen LogP contribution in [0.1, 0.15) is 12.0 Å². The number of nitrogens with zero attached hydrogens (tertiary/aromatic N) is 2. The van der Waals surface area contributed by atoms with Crippen molar-refractivity contribution >= 4 is 33.9 Å². The molecule has 2 N–H and O–H groups in total. The second-order valence-electron chi connectivity index (χ2n) is 4.52. The van der Waals surface area contributed by atoms with Gasteiger partial charge < -0.3 is 10.2 Å². The summed E-state index contributed by atoms with van der Waals surface area (Å²) in [5.74, 6) is -1.97. The zero-order valence-electron chi connectivity index (χ0n) is 11.4. The molecule has 22 heavy (non-hydrogen) atoms. The van der Waals surface area contributed by atoms with Crippen LogP contribution in [0, 0.1) is 0 Å². The topological polar surface area (TPSA) is 92.4 Å². The van der Waals surface area contributed by atoms with Crippen molar-refractivity contribution in [2.75, 3.05) is 0 Å². The lowest BCUT2D eigenvalue weighted by atomic mass is 10.1. The van der Waals surface area contributed by atoms with Crippen molar-refractivity contribution in [2.45, 2.75) is 13.0 Å². The molecule has 0 atom stereocenters. The van der Waals surface area contributed by atoms with Gasteiger partial charge >= 0.3 is 11.9 Å². The van der Waals surface area contributed by atoms with E-state index in [0.29, 0.717) is 11.3 Å². The van der Waals surface area contributed by atoms with E-state index < -0.39 is 11.9 Å². The second-order valence-corrected chi connectivity index (χ2v) is 5.43. The van der Waals surface area contributed by atoms with E-state index in [0.717, 1.165) is 16.1 Å². The Hall–Kier alpha value is -2.41. The molecule has 0 fully saturated rings. The van der Waals surface area contributed by atoms with Gasteiger partial charge in [-0.1, -0.05) is 28.1 Å². The van der Waals surface area contributed by atoms with Crippen LogP contribution >= 0.6 is 15.9 Å². The highest BCUT2D eigenvalue weighted by molar-refractivity contribution is 9.10. The predicted molar refractivity (Wildman–Crippen MR) is 84.3 cm³/mol. The van der Waals surface area contributed by atoms with E-state index in [2.05, 4.69) is 21.0 Å². The smallest absolute Gasteiger partial charge is 0.328 e. The van der Waals surface area contributed by atoms with E-state index >= 15 is 0 Å². The summed E-state index contributed by atoms with van der Waals surface area (Å²) in [6.45, 7) is 0.222. The van der Waals surface area contributed by atoms with Gasteiger partial charge in [-0.05, 0) is 18.2 Å². The average Bonchev–Trinajstić information content (AvgIpc) is 2.87. The SMILES string of the molecule is O=C(O)/C=C/c1cn(CCC(=O)O)nc1-c1ccc(Br)cc1. The van der Waals surface area contributed by atoms with E-state index in [1.165, 1.54) is 10.8 Å². The Morgan fingerprint density at radius 2 is 1.91 bits per heavy atom. The molecule has 1 heterocycles. The van der Waals surface area contributed by atoms with Crippen LogP contribution in [0.25, 0.3) is 17.3 Å². The summed E-state index contributed by atoms with van der Waals surface area (Å²) in [6, 6.07) is 7.42. The molecular weight excluding hydrogens is 352 g/mol. The molecule has 2 rings (SSSR count). The average molecular weight is 365 g/mol. The molecule has 0 spiro atoms. The number of rotatable bonds is 6. The number of hydrogen-bond donors (Lipinski definition) is 2. The molecule has 0 radical (unpaired) electrons. The van der Waals surface area contributed by atoms with Crippen LogP contribution < -0.4 is 0 Å². The lowest BCUT2D eigenvalue weighted by Crippen LogP contribution is -2.04. The van der Waals surface area contributed by atoms with Crippen molar-refractivity contribution < 1.29 is 19.8 Å². The third-order valence-electron chi connectivity index (χ3n) is 2.87. The normalized spacial score (nSPS) is 11.0. The van der Waals surface area contributed by atoms with Crippen LogP contribution in [-0.2, 0) is 16.1 Å². The van der Waals surface area contributed by atoms with E-state index in [1.807, 2.05) is 24.3 Å². The first-order valence-corrected chi connectivity index (χ1v) is 7.21. The molecule has 0 unspecified atom stereocenters. The van der Waals surface area contributed by atoms with Gasteiger partial charge in [-0.2, -0.15) is 5.10 Å². The molecule has 0 aliphatic heterocycles. The Kier molecular flexibility index (Phi) is 5.11. The first-order chi connectivity index (χ1) is 10.5. The molecule has 0 saturated heterocycles. The molecule has 0 bridgehead atoms. The van der Waals surface area contributed by atoms with E-state index in [1.54, 1.807) is 6.20 Å². The third kappa shape index (κ3) is 4.29. The molecular formula is C15H13BrN2O4. The van der Waals surface area contributed by atoms with Gasteiger partial charge in [0.25, 0.3) is 0 Å². The largest absolute Gasteiger partial charge is 0.481 e. The first kappa shape index (κ1) is 16.0. The van der Waals surface area contributed by atoms with Crippen molar-refractivity contribution in [1.29, 1.82) is 0 Å². The lowest BCUT2D eigenvalue weighted by molar-refractivity contribution is -0.137. The standard InChI is InChI=1S/C15H13BrN2O4/c16-12-4-1-10(2-5-12)15-11(3-6-13(19)20)9-18(17-15)8-7-14(21)22/h1-6,9H,7-8H2,(H,19,20)(H,21,22)/b6-3+. The minimum Gasteiger partial charge on any atom is -0.481 e. The van der Waals surface area contributed by atoms with Gasteiger partial charge in [-0.25, -0.2) is 4.79 Å². The van der Waals surface area contributed by atoms with Crippen LogP contribution in [0.3, 0.4) is 0 Å². The highest BCUT2D eigenvalue weighted by Gasteiger charge is 2.10. The summed E-state index contributed by atoms with van der Waals surface area (Å²) in [5.41, 5.74) is 2.05. The van der Waals surface area contributed by atoms with E-state index in [-0.39, 0.29) is 13.0 Å². The third-order valence-corrected chi connectivity index (χ3v) is 3.40. The fourth-order valence-corrected chi connectivity index (χ4v) is 2.14. The molecule has 1 aromatic carbocycles. The van der Waals surface area contributed by atoms with Gasteiger partial charge in [0.1, 0.15) is 0 Å². The zero-order chi connectivity index (χ0) is 16.1. The Bertz CT molecular complexity index is 720. The molecule has 1 aromatic heterocycles. The second kappa shape index (κ2) is 7.04. The number of carboxylic acids is 2. The van der Waals surface area contributed by atoms with Crippen molar-refractivity contribution in [3.63, 3.8) is 0 Å². The number of halogens is 1. The number of aliphatic carboxylic acids is 2. The fourth-order valence-electron chi connectivity index (χ4n) is 1.88. The van der Waals surface area contributed by atoms with Crippen molar-refractivity contribution in [3.8, 4) is 11.3 Å². The van der Waals surface area contributed by atoms with E-state index in [4.69, 9.17) is 10.2 Å². The number of carbonyl (C=O) groups is 2. The Balaban J connectivity index is 2.38. The number of carboxylic acid groups (broad SMARTS) is 2. The lowest BCUT2D eigenvalue weighted by Gasteiger charge is -1.99. The van der Waals surface area contributed by atoms with Crippen molar-refractivity contribution in [3.05, 3.63) is 46.6 Å². The molecule has 0 amide bonds. The molecule has 0 aliphatic carbocycles. The summed E-state index contributed by atoms with van der Waals surface area (Å²) >= 11 is 3.35. The van der Waals surface area contributed by atoms with Gasteiger partial charge in [-0.15, -0.1) is 0 Å². The highest BCUT2D eigenvalue weighted by atomic mass is 79.9. The van der Waals surface area contributed by atoms with Gasteiger partial charge in [0, 0.05) is 27.9 Å². The predicted octanol–water partition coefficient (Wildman–Crippen LogP) is 2.89. The molecule has 0 aliphatic rings. The Labute approximate surface area is 134 Å². The zero-order valence-corrected chi connectivity index (χ0v) is 13.0. The Morgan fingerprint density at radius 3 is 2.50 bits per heavy atom.